The quantitative estimate of drug-likeness (QED) is 0.341. The predicted octanol–water partition coefficient (Wildman–Crippen LogP) is 2.39. The van der Waals surface area contributed by atoms with E-state index in [1.807, 2.05) is 30.3 Å². The number of anilines is 1. The third kappa shape index (κ3) is 3.96. The Balaban J connectivity index is 1.61. The van der Waals surface area contributed by atoms with Crippen molar-refractivity contribution in [2.24, 2.45) is 11.8 Å². The van der Waals surface area contributed by atoms with Crippen LogP contribution in [0, 0.1) is 11.8 Å². The van der Waals surface area contributed by atoms with E-state index in [2.05, 4.69) is 33.5 Å². The fourth-order valence-corrected chi connectivity index (χ4v) is 9.12. The number of halogens is 1. The minimum Gasteiger partial charge on any atom is -0.395 e. The highest BCUT2D eigenvalue weighted by Gasteiger charge is 2.75. The van der Waals surface area contributed by atoms with Gasteiger partial charge in [-0.1, -0.05) is 53.9 Å². The molecule has 3 unspecified atom stereocenters. The molecule has 3 heterocycles. The zero-order valence-electron chi connectivity index (χ0n) is 18.1. The molecule has 0 saturated carbocycles. The molecule has 3 aliphatic rings. The van der Waals surface area contributed by atoms with Gasteiger partial charge in [0.05, 0.1) is 23.2 Å². The molecule has 1 aromatic carbocycles. The molecule has 6 atom stereocenters. The van der Waals surface area contributed by atoms with Crippen LogP contribution >= 0.6 is 27.7 Å². The second kappa shape index (κ2) is 9.73. The van der Waals surface area contributed by atoms with Crippen molar-refractivity contribution in [3.05, 3.63) is 30.3 Å². The van der Waals surface area contributed by atoms with E-state index in [0.717, 1.165) is 19.3 Å². The number of hydrogen-bond donors (Lipinski definition) is 3. The number of alkyl halides is 1. The molecule has 1 aromatic rings. The first-order valence-electron chi connectivity index (χ1n) is 11.3. The number of aliphatic hydroxyl groups is 1. The van der Waals surface area contributed by atoms with Gasteiger partial charge < -0.3 is 20.6 Å². The third-order valence-electron chi connectivity index (χ3n) is 6.80. The molecule has 3 fully saturated rings. The Morgan fingerprint density at radius 1 is 1.25 bits per heavy atom. The van der Waals surface area contributed by atoms with Crippen molar-refractivity contribution < 1.29 is 19.5 Å². The molecule has 3 N–H and O–H groups in total. The summed E-state index contributed by atoms with van der Waals surface area (Å²) in [7, 11) is 0. The van der Waals surface area contributed by atoms with Crippen LogP contribution in [0.2, 0.25) is 0 Å². The Morgan fingerprint density at radius 3 is 2.69 bits per heavy atom. The molecule has 174 valence electrons. The Hall–Kier alpha value is -1.58. The maximum atomic E-state index is 13.6. The molecule has 0 radical (unpaired) electrons. The molecule has 3 aliphatic heterocycles. The number of benzene rings is 1. The predicted molar refractivity (Wildman–Crippen MR) is 129 cm³/mol. The van der Waals surface area contributed by atoms with Crippen LogP contribution in [0.15, 0.2) is 30.3 Å². The van der Waals surface area contributed by atoms with Gasteiger partial charge >= 0.3 is 0 Å². The summed E-state index contributed by atoms with van der Waals surface area (Å²) < 4.78 is -0.668. The Labute approximate surface area is 201 Å². The first-order chi connectivity index (χ1) is 15.4. The van der Waals surface area contributed by atoms with E-state index in [-0.39, 0.29) is 41.0 Å². The highest BCUT2D eigenvalue weighted by Crippen LogP contribution is 2.67. The smallest absolute Gasteiger partial charge is 0.244 e. The second-order valence-corrected chi connectivity index (χ2v) is 11.5. The normalized spacial score (nSPS) is 32.8. The monoisotopic (exact) mass is 523 g/mol. The molecule has 0 aliphatic carbocycles. The van der Waals surface area contributed by atoms with Crippen LogP contribution in [0.1, 0.15) is 32.6 Å². The Kier molecular flexibility index (Phi) is 7.17. The number of likely N-dealkylation sites (tertiary alicyclic amines) is 1. The highest BCUT2D eigenvalue weighted by atomic mass is 79.9. The van der Waals surface area contributed by atoms with Crippen molar-refractivity contribution in [1.82, 2.24) is 10.2 Å². The second-order valence-electron chi connectivity index (χ2n) is 8.77. The molecular formula is C23H30BrN3O4S. The number of aliphatic hydroxyl groups excluding tert-OH is 1. The third-order valence-corrected chi connectivity index (χ3v) is 10.0. The van der Waals surface area contributed by atoms with Crippen LogP contribution in [-0.4, -0.2) is 68.3 Å². The van der Waals surface area contributed by atoms with Crippen LogP contribution < -0.4 is 10.6 Å². The number of unbranched alkanes of at least 4 members (excludes halogenated alkanes) is 2. The molecule has 1 spiro atoms. The summed E-state index contributed by atoms with van der Waals surface area (Å²) in [5.41, 5.74) is 0.688. The number of carbonyl (C=O) groups excluding carboxylic acids is 3. The minimum absolute atomic E-state index is 0.0348. The lowest BCUT2D eigenvalue weighted by Crippen LogP contribution is -2.54. The summed E-state index contributed by atoms with van der Waals surface area (Å²) in [6, 6.07) is 8.54. The van der Waals surface area contributed by atoms with Gasteiger partial charge in [-0.2, -0.15) is 0 Å². The first-order valence-corrected chi connectivity index (χ1v) is 13.1. The number of β-amino-alcohol motifs (C(OH)–C–C–N with tert-alkyl or cyclic N) is 1. The molecule has 9 heteroatoms. The van der Waals surface area contributed by atoms with Gasteiger partial charge in [-0.05, 0) is 25.0 Å². The van der Waals surface area contributed by atoms with Crippen molar-refractivity contribution in [3.8, 4) is 0 Å². The fraction of sp³-hybridized carbons (Fsp3) is 0.609. The number of carbonyl (C=O) groups is 3. The number of fused-ring (bicyclic) bond motifs is 1. The number of thioether (sulfide) groups is 1. The molecule has 3 saturated heterocycles. The van der Waals surface area contributed by atoms with Crippen LogP contribution in [0.5, 0.6) is 0 Å². The van der Waals surface area contributed by atoms with Crippen molar-refractivity contribution in [2.45, 2.75) is 53.5 Å². The van der Waals surface area contributed by atoms with Gasteiger partial charge in [0, 0.05) is 28.9 Å². The minimum atomic E-state index is -0.682. The lowest BCUT2D eigenvalue weighted by Gasteiger charge is -2.35. The average Bonchev–Trinajstić information content (AvgIpc) is 3.36. The summed E-state index contributed by atoms with van der Waals surface area (Å²) in [5, 5.41) is 15.5. The molecule has 0 aromatic heterocycles. The largest absolute Gasteiger partial charge is 0.395 e. The van der Waals surface area contributed by atoms with E-state index in [1.165, 1.54) is 4.90 Å². The van der Waals surface area contributed by atoms with Crippen molar-refractivity contribution in [1.29, 1.82) is 0 Å². The summed E-state index contributed by atoms with van der Waals surface area (Å²) in [4.78, 5) is 41.8. The van der Waals surface area contributed by atoms with E-state index < -0.39 is 22.6 Å². The lowest BCUT2D eigenvalue weighted by atomic mass is 9.70. The number of amides is 3. The van der Waals surface area contributed by atoms with Gasteiger partial charge in [0.15, 0.2) is 0 Å². The van der Waals surface area contributed by atoms with Crippen molar-refractivity contribution >= 4 is 51.1 Å². The molecule has 2 bridgehead atoms. The molecule has 32 heavy (non-hydrogen) atoms. The molecule has 4 rings (SSSR count). The van der Waals surface area contributed by atoms with Crippen LogP contribution in [0.25, 0.3) is 0 Å². The topological polar surface area (TPSA) is 98.7 Å². The number of rotatable bonds is 9. The average molecular weight is 524 g/mol. The van der Waals surface area contributed by atoms with E-state index in [4.69, 9.17) is 0 Å². The maximum absolute atomic E-state index is 13.6. The number of nitrogens with one attached hydrogen (secondary N) is 2. The van der Waals surface area contributed by atoms with Gasteiger partial charge in [-0.3, -0.25) is 14.4 Å². The summed E-state index contributed by atoms with van der Waals surface area (Å²) >= 11 is 5.34. The van der Waals surface area contributed by atoms with Crippen molar-refractivity contribution in [2.75, 3.05) is 25.0 Å². The van der Waals surface area contributed by atoms with E-state index >= 15 is 0 Å². The Bertz CT molecular complexity index is 872. The maximum Gasteiger partial charge on any atom is 0.244 e. The highest BCUT2D eigenvalue weighted by molar-refractivity contribution is 9.09. The van der Waals surface area contributed by atoms with E-state index in [9.17, 15) is 19.5 Å². The summed E-state index contributed by atoms with van der Waals surface area (Å²) in [5.74, 6) is -1.68. The number of para-hydroxylation sites is 1. The molecule has 7 nitrogen and oxygen atoms in total. The molecular weight excluding hydrogens is 494 g/mol. The van der Waals surface area contributed by atoms with Gasteiger partial charge in [0.1, 0.15) is 6.04 Å². The molecule has 3 amide bonds. The van der Waals surface area contributed by atoms with E-state index in [0.29, 0.717) is 18.7 Å². The van der Waals surface area contributed by atoms with Gasteiger partial charge in [-0.15, -0.1) is 11.8 Å². The SMILES string of the molecule is CCCCCNC(=O)C1N(CCO)C(=O)[C@@H]2[C@@H](C(=O)Nc3ccccc3)[C@@H]3SC12CC3Br. The number of nitrogens with zero attached hydrogens (tertiary/aromatic N) is 1. The summed E-state index contributed by atoms with van der Waals surface area (Å²) in [6.07, 6.45) is 3.61. The summed E-state index contributed by atoms with van der Waals surface area (Å²) in [6.45, 7) is 2.54. The van der Waals surface area contributed by atoms with Crippen LogP contribution in [0.3, 0.4) is 0 Å². The van der Waals surface area contributed by atoms with Crippen LogP contribution in [-0.2, 0) is 14.4 Å². The number of hydrogen-bond acceptors (Lipinski definition) is 5. The lowest BCUT2D eigenvalue weighted by molar-refractivity contribution is -0.139. The fourth-order valence-electron chi connectivity index (χ4n) is 5.51. The standard InChI is InChI=1S/C23H30BrN3O4S/c1-2-3-7-10-25-21(30)19-23-13-15(24)18(32-23)16(17(23)22(31)27(19)11-12-28)20(29)26-14-8-5-4-6-9-14/h4-6,8-9,15-19,28H,2-3,7,10-13H2,1H3,(H,25,30)(H,26,29)/t15?,16-,17+,18-,19?,23?/m1/s1. The van der Waals surface area contributed by atoms with Gasteiger partial charge in [0.2, 0.25) is 17.7 Å². The zero-order valence-corrected chi connectivity index (χ0v) is 20.5. The Morgan fingerprint density at radius 2 is 2.00 bits per heavy atom. The van der Waals surface area contributed by atoms with Crippen molar-refractivity contribution in [3.63, 3.8) is 0 Å². The zero-order chi connectivity index (χ0) is 22.9. The van der Waals surface area contributed by atoms with E-state index in [1.54, 1.807) is 11.8 Å². The first kappa shape index (κ1) is 23.6. The van der Waals surface area contributed by atoms with Crippen LogP contribution in [0.4, 0.5) is 5.69 Å². The van der Waals surface area contributed by atoms with Gasteiger partial charge in [0.25, 0.3) is 0 Å². The van der Waals surface area contributed by atoms with Gasteiger partial charge in [-0.25, -0.2) is 0 Å².